The van der Waals surface area contributed by atoms with Gasteiger partial charge >= 0.3 is 0 Å². The van der Waals surface area contributed by atoms with Gasteiger partial charge in [0.15, 0.2) is 0 Å². The summed E-state index contributed by atoms with van der Waals surface area (Å²) in [5.41, 5.74) is 0. The summed E-state index contributed by atoms with van der Waals surface area (Å²) in [5.74, 6) is 0.106. The van der Waals surface area contributed by atoms with Gasteiger partial charge in [-0.05, 0) is 12.2 Å². The van der Waals surface area contributed by atoms with E-state index in [1.54, 1.807) is 0 Å². The van der Waals surface area contributed by atoms with Gasteiger partial charge in [-0.3, -0.25) is 0 Å². The lowest BCUT2D eigenvalue weighted by Gasteiger charge is -2.15. The fraction of sp³-hybridized carbons (Fsp3) is 0.429. The van der Waals surface area contributed by atoms with Gasteiger partial charge in [-0.1, -0.05) is 0 Å². The molecule has 0 bridgehead atoms. The molecule has 0 amide bonds. The minimum absolute atomic E-state index is 0.0275. The number of allylic oxidation sites excluding steroid dienone is 2. The van der Waals surface area contributed by atoms with E-state index in [1.165, 1.54) is 19.3 Å². The van der Waals surface area contributed by atoms with E-state index in [2.05, 4.69) is 0 Å². The molecule has 0 saturated carbocycles. The van der Waals surface area contributed by atoms with Crippen molar-refractivity contribution in [1.29, 1.82) is 0 Å². The Bertz CT molecular complexity index is 184. The Hall–Kier alpha value is -0.830. The second kappa shape index (κ2) is 2.84. The average molecular weight is 144 g/mol. The van der Waals surface area contributed by atoms with Crippen molar-refractivity contribution >= 4 is 0 Å². The van der Waals surface area contributed by atoms with E-state index in [0.717, 1.165) is 0 Å². The summed E-state index contributed by atoms with van der Waals surface area (Å²) in [6, 6.07) is 0. The summed E-state index contributed by atoms with van der Waals surface area (Å²) in [4.78, 5) is 0. The number of aliphatic hydroxyl groups excluding tert-OH is 1. The molecule has 1 aliphatic carbocycles. The third kappa shape index (κ3) is 1.36. The predicted octanol–water partition coefficient (Wildman–Crippen LogP) is 1.13. The van der Waals surface area contributed by atoms with E-state index in [0.29, 0.717) is 5.76 Å². The minimum Gasteiger partial charge on any atom is -0.498 e. The first kappa shape index (κ1) is 7.28. The second-order valence-electron chi connectivity index (χ2n) is 2.11. The Labute approximate surface area is 58.6 Å². The summed E-state index contributed by atoms with van der Waals surface area (Å²) in [7, 11) is 1.45. The molecule has 3 heteroatoms. The molecule has 0 aromatic rings. The number of methoxy groups -OCH3 is 1. The topological polar surface area (TPSA) is 29.5 Å². The van der Waals surface area contributed by atoms with Crippen molar-refractivity contribution in [3.8, 4) is 0 Å². The first-order chi connectivity index (χ1) is 4.74. The Morgan fingerprint density at radius 1 is 1.70 bits per heavy atom. The molecule has 0 fully saturated rings. The molecule has 56 valence electrons. The van der Waals surface area contributed by atoms with Crippen LogP contribution in [0.4, 0.5) is 4.39 Å². The van der Waals surface area contributed by atoms with E-state index in [4.69, 9.17) is 9.84 Å². The first-order valence-electron chi connectivity index (χ1n) is 3.02. The van der Waals surface area contributed by atoms with E-state index in [9.17, 15) is 4.39 Å². The smallest absolute Gasteiger partial charge is 0.125 e. The molecule has 0 spiro atoms. The van der Waals surface area contributed by atoms with Crippen molar-refractivity contribution in [3.05, 3.63) is 23.7 Å². The number of ether oxygens (including phenoxy) is 1. The van der Waals surface area contributed by atoms with Gasteiger partial charge in [0.2, 0.25) is 0 Å². The number of hydrogen-bond acceptors (Lipinski definition) is 2. The zero-order valence-corrected chi connectivity index (χ0v) is 5.67. The van der Waals surface area contributed by atoms with Gasteiger partial charge in [-0.2, -0.15) is 0 Å². The van der Waals surface area contributed by atoms with Crippen molar-refractivity contribution in [2.75, 3.05) is 7.11 Å². The lowest BCUT2D eigenvalue weighted by Crippen LogP contribution is -2.14. The van der Waals surface area contributed by atoms with Crippen LogP contribution in [0.25, 0.3) is 0 Å². The third-order valence-electron chi connectivity index (χ3n) is 1.38. The number of rotatable bonds is 1. The van der Waals surface area contributed by atoms with Crippen molar-refractivity contribution in [3.63, 3.8) is 0 Å². The highest BCUT2D eigenvalue weighted by atomic mass is 19.1. The third-order valence-corrected chi connectivity index (χ3v) is 1.38. The van der Waals surface area contributed by atoms with Crippen LogP contribution in [0, 0.1) is 0 Å². The Kier molecular flexibility index (Phi) is 2.06. The van der Waals surface area contributed by atoms with Crippen LogP contribution in [-0.2, 0) is 4.74 Å². The number of aliphatic hydroxyl groups is 1. The monoisotopic (exact) mass is 144 g/mol. The van der Waals surface area contributed by atoms with E-state index >= 15 is 0 Å². The fourth-order valence-electron chi connectivity index (χ4n) is 0.841. The van der Waals surface area contributed by atoms with Crippen molar-refractivity contribution in [2.24, 2.45) is 0 Å². The standard InChI is InChI=1S/C7H9FO2/c1-10-7-3-2-5(8)4-6(7)9/h2-3,6,9H,4H2,1H3. The molecule has 1 aliphatic rings. The zero-order chi connectivity index (χ0) is 7.56. The number of halogens is 1. The van der Waals surface area contributed by atoms with Gasteiger partial charge in [0.25, 0.3) is 0 Å². The normalized spacial score (nSPS) is 25.3. The summed E-state index contributed by atoms with van der Waals surface area (Å²) >= 11 is 0. The van der Waals surface area contributed by atoms with Crippen LogP contribution < -0.4 is 0 Å². The number of hydrogen-bond donors (Lipinski definition) is 1. The molecule has 1 rings (SSSR count). The van der Waals surface area contributed by atoms with Crippen LogP contribution in [0.3, 0.4) is 0 Å². The van der Waals surface area contributed by atoms with Crippen LogP contribution in [0.15, 0.2) is 23.7 Å². The lowest BCUT2D eigenvalue weighted by molar-refractivity contribution is 0.121. The van der Waals surface area contributed by atoms with Crippen LogP contribution in [0.5, 0.6) is 0 Å². The van der Waals surface area contributed by atoms with Crippen LogP contribution in [-0.4, -0.2) is 18.3 Å². The summed E-state index contributed by atoms with van der Waals surface area (Å²) in [6.07, 6.45) is 1.95. The highest BCUT2D eigenvalue weighted by Gasteiger charge is 2.16. The Balaban J connectivity index is 2.71. The second-order valence-corrected chi connectivity index (χ2v) is 2.11. The molecule has 0 aromatic carbocycles. The van der Waals surface area contributed by atoms with Crippen LogP contribution >= 0.6 is 0 Å². The Morgan fingerprint density at radius 3 is 2.90 bits per heavy atom. The molecular formula is C7H9FO2. The predicted molar refractivity (Wildman–Crippen MR) is 34.9 cm³/mol. The van der Waals surface area contributed by atoms with Crippen molar-refractivity contribution in [1.82, 2.24) is 0 Å². The van der Waals surface area contributed by atoms with Crippen LogP contribution in [0.1, 0.15) is 6.42 Å². The SMILES string of the molecule is COC1=CC=C(F)CC1O. The maximum atomic E-state index is 12.3. The minimum atomic E-state index is -0.810. The molecule has 2 nitrogen and oxygen atoms in total. The molecule has 0 radical (unpaired) electrons. The molecule has 1 N–H and O–H groups in total. The van der Waals surface area contributed by atoms with Gasteiger partial charge in [-0.15, -0.1) is 0 Å². The Morgan fingerprint density at radius 2 is 2.40 bits per heavy atom. The van der Waals surface area contributed by atoms with Crippen LogP contribution in [0.2, 0.25) is 0 Å². The van der Waals surface area contributed by atoms with Gasteiger partial charge in [-0.25, -0.2) is 4.39 Å². The van der Waals surface area contributed by atoms with Gasteiger partial charge in [0.1, 0.15) is 17.7 Å². The molecular weight excluding hydrogens is 135 g/mol. The molecule has 10 heavy (non-hydrogen) atoms. The molecule has 0 heterocycles. The maximum Gasteiger partial charge on any atom is 0.125 e. The fourth-order valence-corrected chi connectivity index (χ4v) is 0.841. The van der Waals surface area contributed by atoms with Gasteiger partial charge in [0, 0.05) is 6.42 Å². The van der Waals surface area contributed by atoms with Gasteiger partial charge in [0.05, 0.1) is 7.11 Å². The summed E-state index contributed by atoms with van der Waals surface area (Å²) in [5, 5.41) is 9.07. The van der Waals surface area contributed by atoms with Gasteiger partial charge < -0.3 is 9.84 Å². The molecule has 1 atom stereocenters. The molecule has 0 aromatic heterocycles. The summed E-state index contributed by atoms with van der Waals surface area (Å²) < 4.78 is 17.1. The average Bonchev–Trinajstić information content (AvgIpc) is 1.88. The molecule has 0 saturated heterocycles. The highest BCUT2D eigenvalue weighted by molar-refractivity contribution is 5.20. The first-order valence-corrected chi connectivity index (χ1v) is 3.02. The molecule has 0 aliphatic heterocycles. The molecule has 1 unspecified atom stereocenters. The highest BCUT2D eigenvalue weighted by Crippen LogP contribution is 2.19. The van der Waals surface area contributed by atoms with E-state index in [-0.39, 0.29) is 12.2 Å². The summed E-state index contributed by atoms with van der Waals surface area (Å²) in [6.45, 7) is 0. The zero-order valence-electron chi connectivity index (χ0n) is 5.67. The largest absolute Gasteiger partial charge is 0.498 e. The van der Waals surface area contributed by atoms with Crippen molar-refractivity contribution < 1.29 is 14.2 Å². The van der Waals surface area contributed by atoms with E-state index in [1.807, 2.05) is 0 Å². The quantitative estimate of drug-likeness (QED) is 0.597. The van der Waals surface area contributed by atoms with E-state index < -0.39 is 6.10 Å². The van der Waals surface area contributed by atoms with Crippen molar-refractivity contribution in [2.45, 2.75) is 12.5 Å². The lowest BCUT2D eigenvalue weighted by atomic mass is 10.1. The maximum absolute atomic E-state index is 12.3.